The predicted octanol–water partition coefficient (Wildman–Crippen LogP) is 2.55. The van der Waals surface area contributed by atoms with Crippen LogP contribution >= 0.6 is 0 Å². The molecule has 0 aliphatic heterocycles. The number of nitro benzene ring substituents is 1. The number of aryl methyl sites for hydroxylation is 1. The Morgan fingerprint density at radius 1 is 1.37 bits per heavy atom. The summed E-state index contributed by atoms with van der Waals surface area (Å²) in [5, 5.41) is 10.9. The summed E-state index contributed by atoms with van der Waals surface area (Å²) in [6.45, 7) is 2.22. The number of hydrogen-bond acceptors (Lipinski definition) is 5. The van der Waals surface area contributed by atoms with Crippen molar-refractivity contribution in [2.75, 3.05) is 0 Å². The van der Waals surface area contributed by atoms with Crippen LogP contribution in [0.3, 0.4) is 0 Å². The van der Waals surface area contributed by atoms with Crippen LogP contribution < -0.4 is 10.5 Å². The van der Waals surface area contributed by atoms with Crippen LogP contribution in [0.2, 0.25) is 0 Å². The van der Waals surface area contributed by atoms with Crippen LogP contribution in [0.25, 0.3) is 0 Å². The van der Waals surface area contributed by atoms with Crippen molar-refractivity contribution in [2.45, 2.75) is 13.5 Å². The van der Waals surface area contributed by atoms with Crippen molar-refractivity contribution in [3.63, 3.8) is 0 Å². The van der Waals surface area contributed by atoms with Gasteiger partial charge in [0.1, 0.15) is 0 Å². The van der Waals surface area contributed by atoms with Gasteiger partial charge in [-0.25, -0.2) is 4.98 Å². The van der Waals surface area contributed by atoms with Gasteiger partial charge >= 0.3 is 5.69 Å². The Morgan fingerprint density at radius 3 is 2.74 bits per heavy atom. The molecule has 1 aromatic carbocycles. The van der Waals surface area contributed by atoms with E-state index < -0.39 is 4.92 Å². The second-order valence-electron chi connectivity index (χ2n) is 4.04. The molecule has 0 unspecified atom stereocenters. The molecule has 19 heavy (non-hydrogen) atoms. The molecule has 6 heteroatoms. The Hall–Kier alpha value is -2.47. The number of aromatic nitrogens is 1. The largest absolute Gasteiger partial charge is 0.432 e. The van der Waals surface area contributed by atoms with Crippen LogP contribution in [-0.4, -0.2) is 9.91 Å². The van der Waals surface area contributed by atoms with E-state index in [-0.39, 0.29) is 11.4 Å². The van der Waals surface area contributed by atoms with E-state index in [2.05, 4.69) is 4.98 Å². The van der Waals surface area contributed by atoms with Gasteiger partial charge < -0.3 is 10.5 Å². The van der Waals surface area contributed by atoms with Crippen LogP contribution in [-0.2, 0) is 6.54 Å². The molecule has 2 rings (SSSR count). The van der Waals surface area contributed by atoms with E-state index in [1.807, 2.05) is 6.92 Å². The van der Waals surface area contributed by atoms with Crippen molar-refractivity contribution < 1.29 is 9.66 Å². The number of nitro groups is 1. The number of hydrogen-bond donors (Lipinski definition) is 1. The number of ether oxygens (including phenoxy) is 1. The van der Waals surface area contributed by atoms with Crippen LogP contribution in [0.15, 0.2) is 36.5 Å². The summed E-state index contributed by atoms with van der Waals surface area (Å²) in [6.07, 6.45) is 1.58. The highest BCUT2D eigenvalue weighted by Crippen LogP contribution is 2.31. The first kappa shape index (κ1) is 13.0. The minimum Gasteiger partial charge on any atom is -0.432 e. The molecule has 0 aliphatic rings. The van der Waals surface area contributed by atoms with E-state index in [4.69, 9.17) is 10.5 Å². The van der Waals surface area contributed by atoms with Crippen molar-refractivity contribution >= 4 is 5.69 Å². The first-order chi connectivity index (χ1) is 9.10. The first-order valence-electron chi connectivity index (χ1n) is 5.68. The van der Waals surface area contributed by atoms with E-state index in [0.717, 1.165) is 11.1 Å². The number of rotatable bonds is 4. The van der Waals surface area contributed by atoms with Gasteiger partial charge in [0.15, 0.2) is 0 Å². The lowest BCUT2D eigenvalue weighted by Crippen LogP contribution is -1.98. The third-order valence-corrected chi connectivity index (χ3v) is 2.56. The molecule has 0 atom stereocenters. The third kappa shape index (κ3) is 3.05. The zero-order valence-electron chi connectivity index (χ0n) is 10.4. The second-order valence-corrected chi connectivity index (χ2v) is 4.04. The van der Waals surface area contributed by atoms with Crippen molar-refractivity contribution in [3.8, 4) is 11.6 Å². The molecule has 2 N–H and O–H groups in total. The molecule has 6 nitrogen and oxygen atoms in total. The fraction of sp³-hybridized carbons (Fsp3) is 0.154. The minimum absolute atomic E-state index is 0.0877. The van der Waals surface area contributed by atoms with Crippen LogP contribution in [0.5, 0.6) is 11.6 Å². The van der Waals surface area contributed by atoms with Crippen molar-refractivity contribution in [2.24, 2.45) is 5.73 Å². The standard InChI is InChI=1S/C13H13N3O3/c1-9-2-4-11(16(17)18)12(6-9)19-13-5-3-10(7-14)8-15-13/h2-6,8H,7,14H2,1H3. The molecule has 0 radical (unpaired) electrons. The quantitative estimate of drug-likeness (QED) is 0.673. The maximum Gasteiger partial charge on any atom is 0.311 e. The van der Waals surface area contributed by atoms with Crippen molar-refractivity contribution in [3.05, 3.63) is 57.8 Å². The zero-order valence-corrected chi connectivity index (χ0v) is 10.4. The van der Waals surface area contributed by atoms with Gasteiger partial charge in [-0.15, -0.1) is 0 Å². The van der Waals surface area contributed by atoms with Gasteiger partial charge in [-0.05, 0) is 24.1 Å². The van der Waals surface area contributed by atoms with Crippen LogP contribution in [0.4, 0.5) is 5.69 Å². The number of nitrogens with two attached hydrogens (primary N) is 1. The summed E-state index contributed by atoms with van der Waals surface area (Å²) in [5.74, 6) is 0.476. The molecule has 0 saturated heterocycles. The van der Waals surface area contributed by atoms with Crippen molar-refractivity contribution in [1.29, 1.82) is 0 Å². The van der Waals surface area contributed by atoms with Gasteiger partial charge in [-0.1, -0.05) is 12.1 Å². The highest BCUT2D eigenvalue weighted by molar-refractivity contribution is 5.49. The molecule has 0 fully saturated rings. The molecular formula is C13H13N3O3. The SMILES string of the molecule is Cc1ccc([N+](=O)[O-])c(Oc2ccc(CN)cn2)c1. The molecule has 2 aromatic rings. The maximum absolute atomic E-state index is 10.9. The maximum atomic E-state index is 10.9. The summed E-state index contributed by atoms with van der Waals surface area (Å²) in [6, 6.07) is 8.09. The number of nitrogens with zero attached hydrogens (tertiary/aromatic N) is 2. The van der Waals surface area contributed by atoms with E-state index in [1.165, 1.54) is 6.07 Å². The Labute approximate surface area is 110 Å². The topological polar surface area (TPSA) is 91.3 Å². The summed E-state index contributed by atoms with van der Waals surface area (Å²) < 4.78 is 5.46. The van der Waals surface area contributed by atoms with E-state index >= 15 is 0 Å². The number of pyridine rings is 1. The molecule has 0 aliphatic carbocycles. The first-order valence-corrected chi connectivity index (χ1v) is 5.68. The van der Waals surface area contributed by atoms with Gasteiger partial charge in [0.2, 0.25) is 11.6 Å². The second kappa shape index (κ2) is 5.45. The average molecular weight is 259 g/mol. The van der Waals surface area contributed by atoms with Gasteiger partial charge in [-0.2, -0.15) is 0 Å². The lowest BCUT2D eigenvalue weighted by atomic mass is 10.2. The summed E-state index contributed by atoms with van der Waals surface area (Å²) in [4.78, 5) is 14.5. The smallest absolute Gasteiger partial charge is 0.311 e. The Kier molecular flexibility index (Phi) is 3.72. The predicted molar refractivity (Wildman–Crippen MR) is 70.0 cm³/mol. The lowest BCUT2D eigenvalue weighted by Gasteiger charge is -2.06. The van der Waals surface area contributed by atoms with E-state index in [9.17, 15) is 10.1 Å². The van der Waals surface area contributed by atoms with E-state index in [1.54, 1.807) is 30.5 Å². The molecular weight excluding hydrogens is 246 g/mol. The lowest BCUT2D eigenvalue weighted by molar-refractivity contribution is -0.385. The molecule has 1 heterocycles. The van der Waals surface area contributed by atoms with Gasteiger partial charge in [0.25, 0.3) is 0 Å². The molecule has 0 saturated carbocycles. The van der Waals surface area contributed by atoms with Gasteiger partial charge in [0.05, 0.1) is 4.92 Å². The Morgan fingerprint density at radius 2 is 2.16 bits per heavy atom. The Bertz CT molecular complexity index is 597. The third-order valence-electron chi connectivity index (χ3n) is 2.56. The Balaban J connectivity index is 2.31. The van der Waals surface area contributed by atoms with E-state index in [0.29, 0.717) is 12.4 Å². The van der Waals surface area contributed by atoms with Gasteiger partial charge in [-0.3, -0.25) is 10.1 Å². The summed E-state index contributed by atoms with van der Waals surface area (Å²) in [7, 11) is 0. The highest BCUT2D eigenvalue weighted by atomic mass is 16.6. The normalized spacial score (nSPS) is 10.2. The highest BCUT2D eigenvalue weighted by Gasteiger charge is 2.15. The number of benzene rings is 1. The summed E-state index contributed by atoms with van der Waals surface area (Å²) in [5.41, 5.74) is 7.12. The van der Waals surface area contributed by atoms with Crippen LogP contribution in [0, 0.1) is 17.0 Å². The molecule has 1 aromatic heterocycles. The summed E-state index contributed by atoms with van der Waals surface area (Å²) >= 11 is 0. The molecule has 0 spiro atoms. The van der Waals surface area contributed by atoms with Crippen LogP contribution in [0.1, 0.15) is 11.1 Å². The molecule has 0 bridgehead atoms. The monoisotopic (exact) mass is 259 g/mol. The average Bonchev–Trinajstić information content (AvgIpc) is 2.39. The fourth-order valence-electron chi connectivity index (χ4n) is 1.56. The minimum atomic E-state index is -0.483. The van der Waals surface area contributed by atoms with Crippen molar-refractivity contribution in [1.82, 2.24) is 4.98 Å². The molecule has 0 amide bonds. The van der Waals surface area contributed by atoms with Gasteiger partial charge in [0, 0.05) is 24.9 Å². The molecule has 98 valence electrons. The zero-order chi connectivity index (χ0) is 13.8. The fourth-order valence-corrected chi connectivity index (χ4v) is 1.56.